The molecule has 3 aliphatic rings. The van der Waals surface area contributed by atoms with E-state index in [9.17, 15) is 18.8 Å². The second kappa shape index (κ2) is 11.6. The zero-order valence-electron chi connectivity index (χ0n) is 19.8. The van der Waals surface area contributed by atoms with Crippen molar-refractivity contribution in [1.29, 1.82) is 0 Å². The molecule has 0 unspecified atom stereocenters. The van der Waals surface area contributed by atoms with Crippen LogP contribution in [-0.2, 0) is 9.59 Å². The van der Waals surface area contributed by atoms with Gasteiger partial charge in [-0.25, -0.2) is 9.18 Å². The Balaban J connectivity index is 1.27. The van der Waals surface area contributed by atoms with Crippen LogP contribution in [0.4, 0.5) is 14.9 Å². The molecule has 34 heavy (non-hydrogen) atoms. The minimum atomic E-state index is -0.389. The topological polar surface area (TPSA) is 85.0 Å². The van der Waals surface area contributed by atoms with E-state index in [2.05, 4.69) is 15.5 Å². The van der Waals surface area contributed by atoms with Crippen LogP contribution in [0.15, 0.2) is 24.3 Å². The number of nitrogens with one attached hydrogen (secondary N) is 2. The highest BCUT2D eigenvalue weighted by Gasteiger charge is 2.37. The average Bonchev–Trinajstić information content (AvgIpc) is 3.49. The number of likely N-dealkylation sites (tertiary alicyclic amines) is 1. The van der Waals surface area contributed by atoms with Crippen molar-refractivity contribution in [3.05, 3.63) is 30.1 Å². The van der Waals surface area contributed by atoms with Crippen LogP contribution < -0.4 is 10.6 Å². The minimum absolute atomic E-state index is 0.0670. The smallest absolute Gasteiger partial charge is 0.321 e. The normalized spacial score (nSPS) is 20.6. The van der Waals surface area contributed by atoms with Crippen molar-refractivity contribution in [2.75, 3.05) is 51.1 Å². The first kappa shape index (κ1) is 24.4. The largest absolute Gasteiger partial charge is 0.355 e. The number of rotatable bonds is 8. The van der Waals surface area contributed by atoms with Crippen molar-refractivity contribution < 1.29 is 18.8 Å². The molecule has 0 spiro atoms. The van der Waals surface area contributed by atoms with Crippen LogP contribution in [0.2, 0.25) is 0 Å². The number of urea groups is 1. The van der Waals surface area contributed by atoms with Gasteiger partial charge in [0, 0.05) is 57.9 Å². The van der Waals surface area contributed by atoms with Gasteiger partial charge >= 0.3 is 6.03 Å². The molecule has 9 heteroatoms. The number of carbonyl (C=O) groups excluding carboxylic acids is 3. The fourth-order valence-corrected chi connectivity index (χ4v) is 5.45. The van der Waals surface area contributed by atoms with E-state index < -0.39 is 0 Å². The number of nitrogens with zero attached hydrogens (tertiary/aromatic N) is 3. The van der Waals surface area contributed by atoms with Crippen LogP contribution in [0.5, 0.6) is 0 Å². The third-order valence-electron chi connectivity index (χ3n) is 7.26. The molecule has 186 valence electrons. The minimum Gasteiger partial charge on any atom is -0.355 e. The van der Waals surface area contributed by atoms with E-state index in [0.29, 0.717) is 57.3 Å². The number of hydrogen-bond donors (Lipinski definition) is 2. The van der Waals surface area contributed by atoms with Gasteiger partial charge in [-0.3, -0.25) is 14.5 Å². The van der Waals surface area contributed by atoms with Crippen LogP contribution in [-0.4, -0.2) is 84.4 Å². The standard InChI is InChI=1S/C25H36FN5O3/c26-20-8-3-9-21(18-20)28-25(34)31-16-14-30(15-17-31)23(19-6-1-2-7-19)24(33)27-11-5-13-29-12-4-10-22(29)32/h3,8-9,18-19,23H,1-2,4-7,10-17H2,(H,27,33)(H,28,34)/t23-/m0/s1. The molecule has 2 saturated heterocycles. The van der Waals surface area contributed by atoms with Crippen LogP contribution in [0.25, 0.3) is 0 Å². The van der Waals surface area contributed by atoms with E-state index >= 15 is 0 Å². The summed E-state index contributed by atoms with van der Waals surface area (Å²) in [5.41, 5.74) is 0.436. The molecular weight excluding hydrogens is 437 g/mol. The summed E-state index contributed by atoms with van der Waals surface area (Å²) in [5.74, 6) is 0.236. The van der Waals surface area contributed by atoms with E-state index in [1.54, 1.807) is 17.0 Å². The van der Waals surface area contributed by atoms with Crippen molar-refractivity contribution in [2.24, 2.45) is 5.92 Å². The lowest BCUT2D eigenvalue weighted by atomic mass is 9.95. The monoisotopic (exact) mass is 473 g/mol. The lowest BCUT2D eigenvalue weighted by Crippen LogP contribution is -2.58. The highest BCUT2D eigenvalue weighted by Crippen LogP contribution is 2.31. The van der Waals surface area contributed by atoms with Gasteiger partial charge in [-0.2, -0.15) is 0 Å². The molecule has 0 aromatic heterocycles. The lowest BCUT2D eigenvalue weighted by molar-refractivity contribution is -0.129. The van der Waals surface area contributed by atoms with Gasteiger partial charge in [0.05, 0.1) is 6.04 Å². The van der Waals surface area contributed by atoms with E-state index in [-0.39, 0.29) is 29.7 Å². The summed E-state index contributed by atoms with van der Waals surface area (Å²) in [6, 6.07) is 5.45. The number of hydrogen-bond acceptors (Lipinski definition) is 4. The number of halogens is 1. The molecule has 4 rings (SSSR count). The predicted octanol–water partition coefficient (Wildman–Crippen LogP) is 2.66. The summed E-state index contributed by atoms with van der Waals surface area (Å²) in [7, 11) is 0. The number of anilines is 1. The number of piperazine rings is 1. The van der Waals surface area contributed by atoms with Gasteiger partial charge in [0.1, 0.15) is 5.82 Å². The summed E-state index contributed by atoms with van der Waals surface area (Å²) in [4.78, 5) is 43.4. The summed E-state index contributed by atoms with van der Waals surface area (Å²) in [6.45, 7) is 4.41. The van der Waals surface area contributed by atoms with E-state index in [1.807, 2.05) is 4.90 Å². The van der Waals surface area contributed by atoms with Gasteiger partial charge in [-0.1, -0.05) is 18.9 Å². The molecule has 1 aliphatic carbocycles. The van der Waals surface area contributed by atoms with Crippen molar-refractivity contribution in [3.8, 4) is 0 Å². The molecule has 1 aromatic rings. The van der Waals surface area contributed by atoms with Crippen molar-refractivity contribution in [1.82, 2.24) is 20.0 Å². The molecule has 4 amide bonds. The molecule has 3 fully saturated rings. The zero-order valence-corrected chi connectivity index (χ0v) is 19.8. The Morgan fingerprint density at radius 2 is 1.82 bits per heavy atom. The Bertz CT molecular complexity index is 868. The van der Waals surface area contributed by atoms with E-state index in [0.717, 1.165) is 45.1 Å². The summed E-state index contributed by atoms with van der Waals surface area (Å²) >= 11 is 0. The zero-order chi connectivity index (χ0) is 23.9. The third-order valence-corrected chi connectivity index (χ3v) is 7.26. The Morgan fingerprint density at radius 3 is 2.50 bits per heavy atom. The lowest BCUT2D eigenvalue weighted by Gasteiger charge is -2.40. The first-order valence-corrected chi connectivity index (χ1v) is 12.6. The Kier molecular flexibility index (Phi) is 8.37. The number of amides is 4. The maximum absolute atomic E-state index is 13.4. The average molecular weight is 474 g/mol. The molecule has 2 N–H and O–H groups in total. The molecule has 0 radical (unpaired) electrons. The van der Waals surface area contributed by atoms with Crippen LogP contribution in [0.1, 0.15) is 44.9 Å². The van der Waals surface area contributed by atoms with Gasteiger partial charge < -0.3 is 20.4 Å². The summed E-state index contributed by atoms with van der Waals surface area (Å²) < 4.78 is 13.4. The predicted molar refractivity (Wildman–Crippen MR) is 128 cm³/mol. The molecule has 2 aliphatic heterocycles. The van der Waals surface area contributed by atoms with E-state index in [1.165, 1.54) is 12.1 Å². The molecule has 8 nitrogen and oxygen atoms in total. The van der Waals surface area contributed by atoms with Gasteiger partial charge in [0.15, 0.2) is 0 Å². The van der Waals surface area contributed by atoms with Crippen LogP contribution >= 0.6 is 0 Å². The maximum Gasteiger partial charge on any atom is 0.321 e. The van der Waals surface area contributed by atoms with Gasteiger partial charge in [-0.05, 0) is 49.8 Å². The first-order valence-electron chi connectivity index (χ1n) is 12.6. The molecule has 2 heterocycles. The van der Waals surface area contributed by atoms with Crippen molar-refractivity contribution in [3.63, 3.8) is 0 Å². The first-order chi connectivity index (χ1) is 16.5. The second-order valence-corrected chi connectivity index (χ2v) is 9.58. The third kappa shape index (κ3) is 6.25. The maximum atomic E-state index is 13.4. The second-order valence-electron chi connectivity index (χ2n) is 9.58. The van der Waals surface area contributed by atoms with Crippen molar-refractivity contribution in [2.45, 2.75) is 51.0 Å². The Labute approximate surface area is 200 Å². The molecule has 1 saturated carbocycles. The fraction of sp³-hybridized carbons (Fsp3) is 0.640. The summed E-state index contributed by atoms with van der Waals surface area (Å²) in [5, 5.41) is 5.88. The van der Waals surface area contributed by atoms with Crippen LogP contribution in [0, 0.1) is 11.7 Å². The molecule has 0 bridgehead atoms. The molecule has 1 atom stereocenters. The SMILES string of the molecule is O=C(NCCCN1CCCC1=O)[C@H](C1CCCC1)N1CCN(C(=O)Nc2cccc(F)c2)CC1. The number of benzene rings is 1. The van der Waals surface area contributed by atoms with Gasteiger partial charge in [0.2, 0.25) is 11.8 Å². The van der Waals surface area contributed by atoms with Crippen molar-refractivity contribution >= 4 is 23.5 Å². The fourth-order valence-electron chi connectivity index (χ4n) is 5.45. The van der Waals surface area contributed by atoms with Gasteiger partial charge in [-0.15, -0.1) is 0 Å². The number of carbonyl (C=O) groups is 3. The molecular formula is C25H36FN5O3. The highest BCUT2D eigenvalue weighted by molar-refractivity contribution is 5.89. The molecule has 1 aromatic carbocycles. The quantitative estimate of drug-likeness (QED) is 0.569. The van der Waals surface area contributed by atoms with Gasteiger partial charge in [0.25, 0.3) is 0 Å². The van der Waals surface area contributed by atoms with Crippen LogP contribution in [0.3, 0.4) is 0 Å². The van der Waals surface area contributed by atoms with E-state index in [4.69, 9.17) is 0 Å². The summed E-state index contributed by atoms with van der Waals surface area (Å²) in [6.07, 6.45) is 6.76. The highest BCUT2D eigenvalue weighted by atomic mass is 19.1. The Hall–Kier alpha value is -2.68. The Morgan fingerprint density at radius 1 is 1.06 bits per heavy atom.